The molecule has 1 unspecified atom stereocenters. The van der Waals surface area contributed by atoms with Gasteiger partial charge < -0.3 is 10.4 Å². The molecule has 2 aromatic rings. The summed E-state index contributed by atoms with van der Waals surface area (Å²) in [6.45, 7) is 2.60. The van der Waals surface area contributed by atoms with Crippen LogP contribution in [0.1, 0.15) is 13.3 Å². The standard InChI is InChI=1S/C14H18ClN5O2/c1-10(6-7-21)8-16-13(22)9-20-18-14(17-19-20)11-2-4-12(15)5-3-11/h2-5,10,21H,6-9H2,1H3,(H,16,22). The lowest BCUT2D eigenvalue weighted by Gasteiger charge is -2.10. The van der Waals surface area contributed by atoms with Gasteiger partial charge in [-0.05, 0) is 41.8 Å². The van der Waals surface area contributed by atoms with Gasteiger partial charge >= 0.3 is 0 Å². The topological polar surface area (TPSA) is 92.9 Å². The van der Waals surface area contributed by atoms with Crippen LogP contribution in [-0.4, -0.2) is 44.4 Å². The van der Waals surface area contributed by atoms with E-state index in [-0.39, 0.29) is 25.0 Å². The molecule has 1 atom stereocenters. The second kappa shape index (κ2) is 7.86. The summed E-state index contributed by atoms with van der Waals surface area (Å²) in [7, 11) is 0. The van der Waals surface area contributed by atoms with Crippen molar-refractivity contribution in [1.29, 1.82) is 0 Å². The van der Waals surface area contributed by atoms with Crippen LogP contribution in [0, 0.1) is 5.92 Å². The lowest BCUT2D eigenvalue weighted by atomic mass is 10.1. The zero-order chi connectivity index (χ0) is 15.9. The average Bonchev–Trinajstić information content (AvgIpc) is 2.95. The number of hydrogen-bond acceptors (Lipinski definition) is 5. The molecule has 1 amide bonds. The summed E-state index contributed by atoms with van der Waals surface area (Å²) >= 11 is 5.83. The normalized spacial score (nSPS) is 12.1. The minimum Gasteiger partial charge on any atom is -0.396 e. The molecule has 1 aromatic carbocycles. The maximum atomic E-state index is 11.8. The molecule has 0 bridgehead atoms. The summed E-state index contributed by atoms with van der Waals surface area (Å²) in [4.78, 5) is 13.0. The van der Waals surface area contributed by atoms with Gasteiger partial charge in [-0.2, -0.15) is 4.80 Å². The van der Waals surface area contributed by atoms with Gasteiger partial charge in [0, 0.05) is 23.7 Å². The first-order chi connectivity index (χ1) is 10.6. The van der Waals surface area contributed by atoms with E-state index in [1.165, 1.54) is 4.80 Å². The van der Waals surface area contributed by atoms with E-state index in [1.54, 1.807) is 24.3 Å². The van der Waals surface area contributed by atoms with Crippen LogP contribution in [0.3, 0.4) is 0 Å². The molecule has 1 heterocycles. The van der Waals surface area contributed by atoms with Gasteiger partial charge in [0.2, 0.25) is 11.7 Å². The highest BCUT2D eigenvalue weighted by Gasteiger charge is 2.10. The van der Waals surface area contributed by atoms with Crippen molar-refractivity contribution in [2.45, 2.75) is 19.9 Å². The summed E-state index contributed by atoms with van der Waals surface area (Å²) < 4.78 is 0. The van der Waals surface area contributed by atoms with E-state index in [0.29, 0.717) is 23.8 Å². The Hall–Kier alpha value is -1.99. The Labute approximate surface area is 133 Å². The number of carbonyl (C=O) groups is 1. The Morgan fingerprint density at radius 1 is 1.41 bits per heavy atom. The molecular weight excluding hydrogens is 306 g/mol. The van der Waals surface area contributed by atoms with E-state index in [2.05, 4.69) is 20.7 Å². The molecule has 0 aliphatic heterocycles. The largest absolute Gasteiger partial charge is 0.396 e. The molecule has 0 aliphatic rings. The Morgan fingerprint density at radius 2 is 2.14 bits per heavy atom. The van der Waals surface area contributed by atoms with Gasteiger partial charge in [-0.25, -0.2) is 0 Å². The molecule has 7 nitrogen and oxygen atoms in total. The summed E-state index contributed by atoms with van der Waals surface area (Å²) in [6, 6.07) is 7.07. The monoisotopic (exact) mass is 323 g/mol. The van der Waals surface area contributed by atoms with Crippen molar-refractivity contribution in [3.8, 4) is 11.4 Å². The molecule has 8 heteroatoms. The number of nitrogens with zero attached hydrogens (tertiary/aromatic N) is 4. The minimum atomic E-state index is -0.190. The molecule has 1 aromatic heterocycles. The third-order valence-electron chi connectivity index (χ3n) is 3.11. The molecular formula is C14H18ClN5O2. The number of nitrogens with one attached hydrogen (secondary N) is 1. The SMILES string of the molecule is CC(CCO)CNC(=O)Cn1nnc(-c2ccc(Cl)cc2)n1. The Kier molecular flexibility index (Phi) is 5.85. The number of halogens is 1. The fourth-order valence-electron chi connectivity index (χ4n) is 1.82. The fraction of sp³-hybridized carbons (Fsp3) is 0.429. The maximum absolute atomic E-state index is 11.8. The van der Waals surface area contributed by atoms with Gasteiger partial charge in [-0.1, -0.05) is 18.5 Å². The van der Waals surface area contributed by atoms with Crippen molar-refractivity contribution in [3.63, 3.8) is 0 Å². The molecule has 0 spiro atoms. The van der Waals surface area contributed by atoms with Crippen molar-refractivity contribution in [1.82, 2.24) is 25.5 Å². The minimum absolute atomic E-state index is 0.00638. The van der Waals surface area contributed by atoms with E-state index >= 15 is 0 Å². The first-order valence-electron chi connectivity index (χ1n) is 7.00. The number of benzene rings is 1. The molecule has 2 rings (SSSR count). The highest BCUT2D eigenvalue weighted by Crippen LogP contribution is 2.16. The Balaban J connectivity index is 1.89. The maximum Gasteiger partial charge on any atom is 0.243 e. The first kappa shape index (κ1) is 16.4. The van der Waals surface area contributed by atoms with Crippen molar-refractivity contribution in [2.24, 2.45) is 5.92 Å². The summed E-state index contributed by atoms with van der Waals surface area (Å²) in [6.07, 6.45) is 0.655. The highest BCUT2D eigenvalue weighted by atomic mass is 35.5. The van der Waals surface area contributed by atoms with Crippen LogP contribution in [0.2, 0.25) is 5.02 Å². The van der Waals surface area contributed by atoms with Crippen LogP contribution < -0.4 is 5.32 Å². The van der Waals surface area contributed by atoms with Crippen molar-refractivity contribution >= 4 is 17.5 Å². The number of hydrogen-bond donors (Lipinski definition) is 2. The first-order valence-corrected chi connectivity index (χ1v) is 7.37. The van der Waals surface area contributed by atoms with Crippen LogP contribution in [0.5, 0.6) is 0 Å². The number of amides is 1. The predicted molar refractivity (Wildman–Crippen MR) is 82.1 cm³/mol. The number of rotatable bonds is 7. The summed E-state index contributed by atoms with van der Waals surface area (Å²) in [5.41, 5.74) is 0.785. The zero-order valence-corrected chi connectivity index (χ0v) is 13.0. The van der Waals surface area contributed by atoms with Crippen molar-refractivity contribution < 1.29 is 9.90 Å². The Bertz CT molecular complexity index is 614. The number of carbonyl (C=O) groups excluding carboxylic acids is 1. The third-order valence-corrected chi connectivity index (χ3v) is 3.36. The van der Waals surface area contributed by atoms with Gasteiger partial charge in [0.15, 0.2) is 0 Å². The zero-order valence-electron chi connectivity index (χ0n) is 12.2. The average molecular weight is 324 g/mol. The lowest BCUT2D eigenvalue weighted by Crippen LogP contribution is -2.32. The number of tetrazole rings is 1. The molecule has 118 valence electrons. The molecule has 22 heavy (non-hydrogen) atoms. The second-order valence-corrected chi connectivity index (χ2v) is 5.51. The predicted octanol–water partition coefficient (Wildman–Crippen LogP) is 1.13. The molecule has 0 fully saturated rings. The van der Waals surface area contributed by atoms with E-state index in [4.69, 9.17) is 16.7 Å². The molecule has 0 radical (unpaired) electrons. The second-order valence-electron chi connectivity index (χ2n) is 5.07. The van der Waals surface area contributed by atoms with E-state index in [1.807, 2.05) is 6.92 Å². The molecule has 0 saturated heterocycles. The smallest absolute Gasteiger partial charge is 0.243 e. The van der Waals surface area contributed by atoms with Gasteiger partial charge in [0.1, 0.15) is 6.54 Å². The number of aliphatic hydroxyl groups is 1. The van der Waals surface area contributed by atoms with Gasteiger partial charge in [0.25, 0.3) is 0 Å². The van der Waals surface area contributed by atoms with Crippen LogP contribution >= 0.6 is 11.6 Å². The van der Waals surface area contributed by atoms with E-state index < -0.39 is 0 Å². The van der Waals surface area contributed by atoms with Crippen LogP contribution in [0.15, 0.2) is 24.3 Å². The lowest BCUT2D eigenvalue weighted by molar-refractivity contribution is -0.122. The quantitative estimate of drug-likeness (QED) is 0.796. The fourth-order valence-corrected chi connectivity index (χ4v) is 1.95. The van der Waals surface area contributed by atoms with Crippen LogP contribution in [0.25, 0.3) is 11.4 Å². The van der Waals surface area contributed by atoms with Crippen LogP contribution in [-0.2, 0) is 11.3 Å². The highest BCUT2D eigenvalue weighted by molar-refractivity contribution is 6.30. The van der Waals surface area contributed by atoms with Gasteiger partial charge in [0.05, 0.1) is 0 Å². The van der Waals surface area contributed by atoms with Crippen molar-refractivity contribution in [2.75, 3.05) is 13.2 Å². The van der Waals surface area contributed by atoms with E-state index in [9.17, 15) is 4.79 Å². The van der Waals surface area contributed by atoms with Crippen LogP contribution in [0.4, 0.5) is 0 Å². The van der Waals surface area contributed by atoms with Gasteiger partial charge in [-0.3, -0.25) is 4.79 Å². The summed E-state index contributed by atoms with van der Waals surface area (Å²) in [5.74, 6) is 0.477. The number of aliphatic hydroxyl groups excluding tert-OH is 1. The van der Waals surface area contributed by atoms with Gasteiger partial charge in [-0.15, -0.1) is 10.2 Å². The summed E-state index contributed by atoms with van der Waals surface area (Å²) in [5, 5.41) is 24.2. The Morgan fingerprint density at radius 3 is 2.82 bits per heavy atom. The molecule has 2 N–H and O–H groups in total. The van der Waals surface area contributed by atoms with Crippen molar-refractivity contribution in [3.05, 3.63) is 29.3 Å². The van der Waals surface area contributed by atoms with E-state index in [0.717, 1.165) is 5.56 Å². The third kappa shape index (κ3) is 4.78. The number of aromatic nitrogens is 4. The molecule has 0 aliphatic carbocycles. The molecule has 0 saturated carbocycles.